The number of carbonyl (C=O) groups excluding carboxylic acids is 1. The zero-order valence-electron chi connectivity index (χ0n) is 16.1. The number of phenolic OH excluding ortho intramolecular Hbond substituents is 1. The van der Waals surface area contributed by atoms with Crippen LogP contribution in [0.25, 0.3) is 11.3 Å². The third-order valence-electron chi connectivity index (χ3n) is 5.90. The molecule has 0 aliphatic carbocycles. The Hall–Kier alpha value is -2.45. The van der Waals surface area contributed by atoms with E-state index in [1.807, 2.05) is 16.9 Å². The van der Waals surface area contributed by atoms with Crippen molar-refractivity contribution in [2.45, 2.75) is 25.4 Å². The number of rotatable bonds is 7. The van der Waals surface area contributed by atoms with Crippen molar-refractivity contribution in [3.8, 4) is 17.0 Å². The number of carbonyl (C=O) groups is 1. The molecule has 150 valence electrons. The summed E-state index contributed by atoms with van der Waals surface area (Å²) in [4.78, 5) is 14.9. The molecule has 8 nitrogen and oxygen atoms in total. The summed E-state index contributed by atoms with van der Waals surface area (Å²) in [6, 6.07) is 7.41. The number of benzene rings is 1. The fraction of sp³-hybridized carbons (Fsp3) is 0.550. The first-order chi connectivity index (χ1) is 13.6. The maximum atomic E-state index is 12.5. The molecule has 1 unspecified atom stereocenters. The lowest BCUT2D eigenvalue weighted by Crippen LogP contribution is -2.58. The minimum atomic E-state index is 0.0699. The summed E-state index contributed by atoms with van der Waals surface area (Å²) in [5.74, 6) is 0.863. The summed E-state index contributed by atoms with van der Waals surface area (Å²) in [5.41, 5.74) is 1.60. The van der Waals surface area contributed by atoms with Crippen molar-refractivity contribution in [3.63, 3.8) is 0 Å². The van der Waals surface area contributed by atoms with Crippen LogP contribution >= 0.6 is 0 Å². The summed E-state index contributed by atoms with van der Waals surface area (Å²) < 4.78 is 6.88. The first-order valence-corrected chi connectivity index (χ1v) is 9.84. The van der Waals surface area contributed by atoms with Gasteiger partial charge in [0, 0.05) is 31.8 Å². The number of ether oxygens (including phenoxy) is 1. The Labute approximate surface area is 164 Å². The zero-order valence-corrected chi connectivity index (χ0v) is 16.1. The van der Waals surface area contributed by atoms with Gasteiger partial charge in [0.2, 0.25) is 5.91 Å². The van der Waals surface area contributed by atoms with Crippen LogP contribution in [0.1, 0.15) is 12.8 Å². The number of nitrogens with one attached hydrogen (secondary N) is 1. The fourth-order valence-corrected chi connectivity index (χ4v) is 4.43. The van der Waals surface area contributed by atoms with E-state index in [4.69, 9.17) is 4.74 Å². The molecule has 5 rings (SSSR count). The Bertz CT molecular complexity index is 824. The SMILES string of the molecule is COCCNC(=O)[C@H]1CN2CC[C@@H]1C[C@@H]2Cn1cc(-c2cccc(O)c2)nn1. The van der Waals surface area contributed by atoms with Crippen LogP contribution in [-0.4, -0.2) is 70.3 Å². The smallest absolute Gasteiger partial charge is 0.224 e. The summed E-state index contributed by atoms with van der Waals surface area (Å²) >= 11 is 0. The average Bonchev–Trinajstić information content (AvgIpc) is 3.17. The van der Waals surface area contributed by atoms with E-state index in [-0.39, 0.29) is 17.6 Å². The molecule has 2 aromatic rings. The van der Waals surface area contributed by atoms with Crippen LogP contribution < -0.4 is 5.32 Å². The van der Waals surface area contributed by atoms with Gasteiger partial charge in [0.1, 0.15) is 11.4 Å². The van der Waals surface area contributed by atoms with Crippen LogP contribution in [0.5, 0.6) is 5.75 Å². The Morgan fingerprint density at radius 2 is 2.32 bits per heavy atom. The number of fused-ring (bicyclic) bond motifs is 3. The van der Waals surface area contributed by atoms with Gasteiger partial charge in [-0.05, 0) is 37.4 Å². The number of piperidine rings is 3. The normalized spacial score (nSPS) is 26.3. The van der Waals surface area contributed by atoms with E-state index < -0.39 is 0 Å². The third-order valence-corrected chi connectivity index (χ3v) is 5.90. The molecular weight excluding hydrogens is 358 g/mol. The van der Waals surface area contributed by atoms with Crippen molar-refractivity contribution in [3.05, 3.63) is 30.5 Å². The number of nitrogens with zero attached hydrogens (tertiary/aromatic N) is 4. The molecule has 3 aliphatic rings. The van der Waals surface area contributed by atoms with E-state index in [0.717, 1.165) is 43.7 Å². The first-order valence-electron chi connectivity index (χ1n) is 9.84. The second-order valence-corrected chi connectivity index (χ2v) is 7.70. The number of phenols is 1. The molecule has 0 spiro atoms. The Morgan fingerprint density at radius 3 is 3.07 bits per heavy atom. The second kappa shape index (κ2) is 8.28. The average molecular weight is 385 g/mol. The minimum absolute atomic E-state index is 0.0699. The van der Waals surface area contributed by atoms with Crippen LogP contribution in [0.4, 0.5) is 0 Å². The fourth-order valence-electron chi connectivity index (χ4n) is 4.43. The van der Waals surface area contributed by atoms with Crippen molar-refractivity contribution in [2.75, 3.05) is 33.4 Å². The molecule has 3 aliphatic heterocycles. The molecule has 4 heterocycles. The standard InChI is InChI=1S/C20H27N5O3/c1-28-8-6-21-20(27)18-12-24-7-5-14(18)9-16(24)11-25-13-19(22-23-25)15-3-2-4-17(26)10-15/h2-4,10,13-14,16,18,26H,5-9,11-12H2,1H3,(H,21,27)/t14-,16-,18+/m1/s1. The Morgan fingerprint density at radius 1 is 1.43 bits per heavy atom. The van der Waals surface area contributed by atoms with E-state index in [1.165, 1.54) is 0 Å². The molecule has 0 radical (unpaired) electrons. The van der Waals surface area contributed by atoms with Gasteiger partial charge in [-0.2, -0.15) is 0 Å². The van der Waals surface area contributed by atoms with Crippen molar-refractivity contribution in [2.24, 2.45) is 11.8 Å². The third kappa shape index (κ3) is 4.02. The lowest BCUT2D eigenvalue weighted by molar-refractivity contribution is -0.133. The van der Waals surface area contributed by atoms with Gasteiger partial charge in [0.15, 0.2) is 0 Å². The quantitative estimate of drug-likeness (QED) is 0.694. The van der Waals surface area contributed by atoms with Crippen molar-refractivity contribution >= 4 is 5.91 Å². The van der Waals surface area contributed by atoms with Gasteiger partial charge in [0.05, 0.1) is 25.3 Å². The van der Waals surface area contributed by atoms with Crippen molar-refractivity contribution in [1.29, 1.82) is 0 Å². The van der Waals surface area contributed by atoms with Gasteiger partial charge >= 0.3 is 0 Å². The van der Waals surface area contributed by atoms with Gasteiger partial charge in [-0.1, -0.05) is 17.3 Å². The Balaban J connectivity index is 1.37. The molecule has 2 bridgehead atoms. The van der Waals surface area contributed by atoms with Crippen LogP contribution in [-0.2, 0) is 16.1 Å². The lowest BCUT2D eigenvalue weighted by Gasteiger charge is -2.49. The molecule has 1 amide bonds. The summed E-state index contributed by atoms with van der Waals surface area (Å²) in [7, 11) is 1.64. The van der Waals surface area contributed by atoms with Crippen LogP contribution in [0, 0.1) is 11.8 Å². The molecule has 8 heteroatoms. The molecule has 3 fully saturated rings. The molecule has 3 saturated heterocycles. The maximum Gasteiger partial charge on any atom is 0.224 e. The monoisotopic (exact) mass is 385 g/mol. The highest BCUT2D eigenvalue weighted by Gasteiger charge is 2.43. The molecule has 4 atom stereocenters. The highest BCUT2D eigenvalue weighted by Crippen LogP contribution is 2.37. The number of hydrogen-bond acceptors (Lipinski definition) is 6. The van der Waals surface area contributed by atoms with Crippen molar-refractivity contribution in [1.82, 2.24) is 25.2 Å². The van der Waals surface area contributed by atoms with Gasteiger partial charge in [-0.3, -0.25) is 14.4 Å². The molecular formula is C20H27N5O3. The predicted octanol–water partition coefficient (Wildman–Crippen LogP) is 1.12. The second-order valence-electron chi connectivity index (χ2n) is 7.70. The molecule has 2 N–H and O–H groups in total. The van der Waals surface area contributed by atoms with E-state index in [2.05, 4.69) is 20.5 Å². The zero-order chi connectivity index (χ0) is 19.5. The van der Waals surface area contributed by atoms with E-state index in [0.29, 0.717) is 25.1 Å². The van der Waals surface area contributed by atoms with Crippen LogP contribution in [0.3, 0.4) is 0 Å². The highest BCUT2D eigenvalue weighted by molar-refractivity contribution is 5.79. The first kappa shape index (κ1) is 18.9. The predicted molar refractivity (Wildman–Crippen MR) is 104 cm³/mol. The van der Waals surface area contributed by atoms with Crippen LogP contribution in [0.2, 0.25) is 0 Å². The van der Waals surface area contributed by atoms with Gasteiger partial charge in [0.25, 0.3) is 0 Å². The largest absolute Gasteiger partial charge is 0.508 e. The van der Waals surface area contributed by atoms with Crippen LogP contribution in [0.15, 0.2) is 30.5 Å². The topological polar surface area (TPSA) is 92.5 Å². The van der Waals surface area contributed by atoms with Gasteiger partial charge in [-0.25, -0.2) is 0 Å². The number of methoxy groups -OCH3 is 1. The maximum absolute atomic E-state index is 12.5. The van der Waals surface area contributed by atoms with Gasteiger partial charge < -0.3 is 15.2 Å². The number of hydrogen-bond donors (Lipinski definition) is 2. The number of aromatic hydroxyl groups is 1. The molecule has 1 aromatic heterocycles. The summed E-state index contributed by atoms with van der Waals surface area (Å²) in [5, 5.41) is 21.2. The van der Waals surface area contributed by atoms with Crippen molar-refractivity contribution < 1.29 is 14.6 Å². The van der Waals surface area contributed by atoms with E-state index in [1.54, 1.807) is 25.3 Å². The highest BCUT2D eigenvalue weighted by atomic mass is 16.5. The van der Waals surface area contributed by atoms with E-state index >= 15 is 0 Å². The molecule has 0 saturated carbocycles. The Kier molecular flexibility index (Phi) is 5.59. The number of aromatic nitrogens is 3. The minimum Gasteiger partial charge on any atom is -0.508 e. The number of amides is 1. The van der Waals surface area contributed by atoms with Gasteiger partial charge in [-0.15, -0.1) is 5.10 Å². The summed E-state index contributed by atoms with van der Waals surface area (Å²) in [6.07, 6.45) is 4.00. The molecule has 1 aromatic carbocycles. The lowest BCUT2D eigenvalue weighted by atomic mass is 9.75. The summed E-state index contributed by atoms with van der Waals surface area (Å²) in [6.45, 7) is 3.72. The van der Waals surface area contributed by atoms with E-state index in [9.17, 15) is 9.90 Å². The molecule has 28 heavy (non-hydrogen) atoms.